The molecule has 0 heterocycles. The van der Waals surface area contributed by atoms with Gasteiger partial charge < -0.3 is 15.4 Å². The lowest BCUT2D eigenvalue weighted by Crippen LogP contribution is -2.23. The number of aryl methyl sites for hydroxylation is 1. The van der Waals surface area contributed by atoms with Crippen molar-refractivity contribution in [1.82, 2.24) is 0 Å². The number of nitrogens with one attached hydrogen (secondary N) is 2. The predicted molar refractivity (Wildman–Crippen MR) is 127 cm³/mol. The van der Waals surface area contributed by atoms with Crippen LogP contribution in [0.25, 0.3) is 0 Å². The van der Waals surface area contributed by atoms with Crippen LogP contribution in [0.3, 0.4) is 0 Å². The van der Waals surface area contributed by atoms with E-state index in [0.29, 0.717) is 17.0 Å². The van der Waals surface area contributed by atoms with Gasteiger partial charge in [-0.1, -0.05) is 18.2 Å². The summed E-state index contributed by atoms with van der Waals surface area (Å²) in [6.07, 6.45) is 0. The Morgan fingerprint density at radius 1 is 0.935 bits per heavy atom. The standard InChI is InChI=1S/C25H26N2O3S/c1-16-7-5-10-23(17(16)2)27-24(28)18(3)31-22-9-6-8-20(15-22)26-25(29)19-11-13-21(30-4)14-12-19/h5-15,18H,1-4H3,(H,26,29)(H,27,28). The molecule has 0 radical (unpaired) electrons. The highest BCUT2D eigenvalue weighted by Gasteiger charge is 2.16. The summed E-state index contributed by atoms with van der Waals surface area (Å²) in [7, 11) is 1.58. The summed E-state index contributed by atoms with van der Waals surface area (Å²) in [6.45, 7) is 5.89. The van der Waals surface area contributed by atoms with Crippen molar-refractivity contribution in [3.05, 3.63) is 83.4 Å². The summed E-state index contributed by atoms with van der Waals surface area (Å²) in [5, 5.41) is 5.61. The maximum absolute atomic E-state index is 12.7. The average molecular weight is 435 g/mol. The average Bonchev–Trinajstić information content (AvgIpc) is 2.77. The molecule has 160 valence electrons. The SMILES string of the molecule is COc1ccc(C(=O)Nc2cccc(SC(C)C(=O)Nc3cccc(C)c3C)c2)cc1. The van der Waals surface area contributed by atoms with Crippen molar-refractivity contribution in [3.8, 4) is 5.75 Å². The highest BCUT2D eigenvalue weighted by atomic mass is 32.2. The van der Waals surface area contributed by atoms with Crippen molar-refractivity contribution < 1.29 is 14.3 Å². The second kappa shape index (κ2) is 10.2. The maximum atomic E-state index is 12.7. The van der Waals surface area contributed by atoms with E-state index in [1.54, 1.807) is 31.4 Å². The number of rotatable bonds is 7. The van der Waals surface area contributed by atoms with Crippen LogP contribution in [-0.2, 0) is 4.79 Å². The third-order valence-corrected chi connectivity index (χ3v) is 6.08. The normalized spacial score (nSPS) is 11.5. The van der Waals surface area contributed by atoms with Gasteiger partial charge in [0.1, 0.15) is 5.75 Å². The minimum absolute atomic E-state index is 0.0635. The molecular weight excluding hydrogens is 408 g/mol. The van der Waals surface area contributed by atoms with Crippen molar-refractivity contribution in [1.29, 1.82) is 0 Å². The molecular formula is C25H26N2O3S. The Hall–Kier alpha value is -3.25. The monoisotopic (exact) mass is 434 g/mol. The number of thioether (sulfide) groups is 1. The number of carbonyl (C=O) groups is 2. The Morgan fingerprint density at radius 3 is 2.35 bits per heavy atom. The van der Waals surface area contributed by atoms with Crippen LogP contribution >= 0.6 is 11.8 Å². The van der Waals surface area contributed by atoms with E-state index in [1.807, 2.05) is 63.2 Å². The smallest absolute Gasteiger partial charge is 0.255 e. The van der Waals surface area contributed by atoms with E-state index < -0.39 is 0 Å². The van der Waals surface area contributed by atoms with Crippen LogP contribution in [0.1, 0.15) is 28.4 Å². The number of methoxy groups -OCH3 is 1. The Bertz CT molecular complexity index is 1080. The van der Waals surface area contributed by atoms with Gasteiger partial charge in [0, 0.05) is 21.8 Å². The van der Waals surface area contributed by atoms with Gasteiger partial charge in [-0.3, -0.25) is 9.59 Å². The quantitative estimate of drug-likeness (QED) is 0.469. The first kappa shape index (κ1) is 22.4. The minimum atomic E-state index is -0.299. The Balaban J connectivity index is 1.63. The first-order valence-electron chi connectivity index (χ1n) is 9.96. The second-order valence-electron chi connectivity index (χ2n) is 7.21. The number of anilines is 2. The first-order valence-corrected chi connectivity index (χ1v) is 10.8. The van der Waals surface area contributed by atoms with Crippen molar-refractivity contribution in [2.75, 3.05) is 17.7 Å². The number of ether oxygens (including phenoxy) is 1. The zero-order chi connectivity index (χ0) is 22.4. The van der Waals surface area contributed by atoms with Crippen molar-refractivity contribution in [2.24, 2.45) is 0 Å². The summed E-state index contributed by atoms with van der Waals surface area (Å²) in [6, 6.07) is 20.3. The molecule has 3 rings (SSSR count). The predicted octanol–water partition coefficient (Wildman–Crippen LogP) is 5.68. The van der Waals surface area contributed by atoms with Crippen LogP contribution in [-0.4, -0.2) is 24.2 Å². The van der Waals surface area contributed by atoms with Crippen LogP contribution in [0.2, 0.25) is 0 Å². The van der Waals surface area contributed by atoms with Crippen LogP contribution in [0.5, 0.6) is 5.75 Å². The van der Waals surface area contributed by atoms with E-state index in [1.165, 1.54) is 11.8 Å². The molecule has 0 bridgehead atoms. The van der Waals surface area contributed by atoms with E-state index in [9.17, 15) is 9.59 Å². The molecule has 0 saturated carbocycles. The molecule has 0 saturated heterocycles. The molecule has 0 spiro atoms. The fourth-order valence-electron chi connectivity index (χ4n) is 2.97. The lowest BCUT2D eigenvalue weighted by atomic mass is 10.1. The summed E-state index contributed by atoms with van der Waals surface area (Å²) < 4.78 is 5.12. The topological polar surface area (TPSA) is 67.4 Å². The summed E-state index contributed by atoms with van der Waals surface area (Å²) in [4.78, 5) is 26.1. The van der Waals surface area contributed by atoms with Crippen molar-refractivity contribution in [3.63, 3.8) is 0 Å². The summed E-state index contributed by atoms with van der Waals surface area (Å²) in [5.41, 5.74) is 4.25. The van der Waals surface area contributed by atoms with Crippen LogP contribution in [0.4, 0.5) is 11.4 Å². The molecule has 0 aliphatic rings. The first-order chi connectivity index (χ1) is 14.9. The van der Waals surface area contributed by atoms with Crippen molar-refractivity contribution in [2.45, 2.75) is 30.9 Å². The molecule has 5 nitrogen and oxygen atoms in total. The molecule has 31 heavy (non-hydrogen) atoms. The highest BCUT2D eigenvalue weighted by molar-refractivity contribution is 8.00. The Labute approximate surface area is 187 Å². The number of benzene rings is 3. The zero-order valence-corrected chi connectivity index (χ0v) is 18.9. The van der Waals surface area contributed by atoms with Gasteiger partial charge in [0.05, 0.1) is 12.4 Å². The molecule has 1 unspecified atom stereocenters. The van der Waals surface area contributed by atoms with Crippen LogP contribution < -0.4 is 15.4 Å². The molecule has 2 N–H and O–H groups in total. The lowest BCUT2D eigenvalue weighted by Gasteiger charge is -2.15. The molecule has 3 aromatic carbocycles. The van der Waals surface area contributed by atoms with Gasteiger partial charge >= 0.3 is 0 Å². The summed E-state index contributed by atoms with van der Waals surface area (Å²) >= 11 is 1.44. The molecule has 0 aromatic heterocycles. The van der Waals surface area contributed by atoms with E-state index in [0.717, 1.165) is 21.7 Å². The van der Waals surface area contributed by atoms with Crippen LogP contribution in [0, 0.1) is 13.8 Å². The largest absolute Gasteiger partial charge is 0.497 e. The van der Waals surface area contributed by atoms with Crippen molar-refractivity contribution >= 4 is 35.0 Å². The maximum Gasteiger partial charge on any atom is 0.255 e. The molecule has 2 amide bonds. The van der Waals surface area contributed by atoms with E-state index in [4.69, 9.17) is 4.74 Å². The van der Waals surface area contributed by atoms with E-state index >= 15 is 0 Å². The molecule has 0 aliphatic carbocycles. The number of amides is 2. The van der Waals surface area contributed by atoms with Gasteiger partial charge in [-0.05, 0) is 80.4 Å². The summed E-state index contributed by atoms with van der Waals surface area (Å²) in [5.74, 6) is 0.431. The third-order valence-electron chi connectivity index (χ3n) is 4.99. The lowest BCUT2D eigenvalue weighted by molar-refractivity contribution is -0.115. The Kier molecular flexibility index (Phi) is 7.36. The van der Waals surface area contributed by atoms with Gasteiger partial charge in [-0.25, -0.2) is 0 Å². The number of hydrogen-bond donors (Lipinski definition) is 2. The minimum Gasteiger partial charge on any atom is -0.497 e. The van der Waals surface area contributed by atoms with Gasteiger partial charge in [-0.2, -0.15) is 0 Å². The number of carbonyl (C=O) groups excluding carboxylic acids is 2. The van der Waals surface area contributed by atoms with Gasteiger partial charge in [-0.15, -0.1) is 11.8 Å². The van der Waals surface area contributed by atoms with Gasteiger partial charge in [0.2, 0.25) is 5.91 Å². The fraction of sp³-hybridized carbons (Fsp3) is 0.200. The molecule has 1 atom stereocenters. The van der Waals surface area contributed by atoms with E-state index in [-0.39, 0.29) is 17.1 Å². The molecule has 6 heteroatoms. The number of hydrogen-bond acceptors (Lipinski definition) is 4. The molecule has 3 aromatic rings. The van der Waals surface area contributed by atoms with Gasteiger partial charge in [0.25, 0.3) is 5.91 Å². The molecule has 0 aliphatic heterocycles. The molecule has 0 fully saturated rings. The Morgan fingerprint density at radius 2 is 1.65 bits per heavy atom. The fourth-order valence-corrected chi connectivity index (χ4v) is 3.90. The third kappa shape index (κ3) is 5.89. The van der Waals surface area contributed by atoms with E-state index in [2.05, 4.69) is 10.6 Å². The second-order valence-corrected chi connectivity index (χ2v) is 8.62. The zero-order valence-electron chi connectivity index (χ0n) is 18.1. The highest BCUT2D eigenvalue weighted by Crippen LogP contribution is 2.27. The van der Waals surface area contributed by atoms with Gasteiger partial charge in [0.15, 0.2) is 0 Å². The van der Waals surface area contributed by atoms with Crippen LogP contribution in [0.15, 0.2) is 71.6 Å².